The monoisotopic (exact) mass is 188 g/mol. The van der Waals surface area contributed by atoms with E-state index in [9.17, 15) is 9.59 Å². The highest BCUT2D eigenvalue weighted by Crippen LogP contribution is 2.35. The van der Waals surface area contributed by atoms with Crippen LogP contribution in [0.5, 0.6) is 0 Å². The van der Waals surface area contributed by atoms with Gasteiger partial charge in [-0.2, -0.15) is 12.6 Å². The van der Waals surface area contributed by atoms with Crippen LogP contribution in [0.4, 0.5) is 0 Å². The lowest BCUT2D eigenvalue weighted by Gasteiger charge is -2.31. The van der Waals surface area contributed by atoms with Crippen LogP contribution in [0.25, 0.3) is 0 Å². The van der Waals surface area contributed by atoms with Gasteiger partial charge in [0.05, 0.1) is 5.92 Å². The predicted octanol–water partition coefficient (Wildman–Crippen LogP) is 0.986. The van der Waals surface area contributed by atoms with Crippen LogP contribution in [0.15, 0.2) is 0 Å². The van der Waals surface area contributed by atoms with Crippen LogP contribution in [0.3, 0.4) is 0 Å². The maximum absolute atomic E-state index is 11.2. The van der Waals surface area contributed by atoms with Crippen LogP contribution >= 0.6 is 12.6 Å². The molecule has 0 unspecified atom stereocenters. The molecule has 1 saturated carbocycles. The molecule has 0 spiro atoms. The van der Waals surface area contributed by atoms with Gasteiger partial charge in [0.2, 0.25) is 0 Å². The third-order valence-corrected chi connectivity index (χ3v) is 2.59. The van der Waals surface area contributed by atoms with Crippen molar-refractivity contribution in [1.29, 1.82) is 0 Å². The lowest BCUT2D eigenvalue weighted by Crippen LogP contribution is -2.38. The molecule has 0 saturated heterocycles. The summed E-state index contributed by atoms with van der Waals surface area (Å²) >= 11 is 3.93. The minimum atomic E-state index is -0.834. The van der Waals surface area contributed by atoms with Gasteiger partial charge in [-0.05, 0) is 18.6 Å². The van der Waals surface area contributed by atoms with E-state index in [1.165, 1.54) is 0 Å². The van der Waals surface area contributed by atoms with Gasteiger partial charge in [0.25, 0.3) is 0 Å². The maximum atomic E-state index is 11.2. The zero-order chi connectivity index (χ0) is 9.14. The largest absolute Gasteiger partial charge is 0.481 e. The van der Waals surface area contributed by atoms with Gasteiger partial charge in [0, 0.05) is 12.3 Å². The third-order valence-electron chi connectivity index (χ3n) is 2.36. The molecule has 0 aliphatic heterocycles. The van der Waals surface area contributed by atoms with Gasteiger partial charge < -0.3 is 5.11 Å². The molecule has 0 aromatic rings. The summed E-state index contributed by atoms with van der Waals surface area (Å²) in [6.45, 7) is 0. The molecule has 4 heteroatoms. The molecule has 0 bridgehead atoms. The average Bonchev–Trinajstić information content (AvgIpc) is 1.82. The van der Waals surface area contributed by atoms with E-state index in [0.29, 0.717) is 18.6 Å². The van der Waals surface area contributed by atoms with E-state index in [0.717, 1.165) is 6.42 Å². The highest BCUT2D eigenvalue weighted by Gasteiger charge is 2.40. The number of Topliss-reactive ketones (excluding diaryl/α,β-unsaturated/α-hetero) is 1. The fraction of sp³-hybridized carbons (Fsp3) is 0.750. The molecule has 68 valence electrons. The van der Waals surface area contributed by atoms with E-state index in [1.807, 2.05) is 0 Å². The lowest BCUT2D eigenvalue weighted by molar-refractivity contribution is -0.152. The first-order valence-corrected chi connectivity index (χ1v) is 4.66. The summed E-state index contributed by atoms with van der Waals surface area (Å²) in [5.41, 5.74) is 0. The van der Waals surface area contributed by atoms with Crippen molar-refractivity contribution in [3.8, 4) is 0 Å². The Balaban J connectivity index is 2.43. The number of rotatable bonds is 4. The van der Waals surface area contributed by atoms with E-state index in [4.69, 9.17) is 5.11 Å². The molecule has 0 radical (unpaired) electrons. The number of hydrogen-bond acceptors (Lipinski definition) is 3. The van der Waals surface area contributed by atoms with E-state index < -0.39 is 11.9 Å². The molecule has 1 fully saturated rings. The first-order valence-electron chi connectivity index (χ1n) is 4.03. The van der Waals surface area contributed by atoms with E-state index >= 15 is 0 Å². The van der Waals surface area contributed by atoms with Crippen LogP contribution in [0, 0.1) is 11.8 Å². The fourth-order valence-corrected chi connectivity index (χ4v) is 1.70. The number of carbonyl (C=O) groups excluding carboxylic acids is 1. The molecule has 1 aliphatic carbocycles. The molecular formula is C8H12O3S. The van der Waals surface area contributed by atoms with Crippen molar-refractivity contribution in [2.24, 2.45) is 11.8 Å². The Kier molecular flexibility index (Phi) is 3.14. The van der Waals surface area contributed by atoms with Crippen LogP contribution in [-0.4, -0.2) is 22.6 Å². The average molecular weight is 188 g/mol. The van der Waals surface area contributed by atoms with Crippen molar-refractivity contribution in [3.63, 3.8) is 0 Å². The minimum absolute atomic E-state index is 0.0589. The predicted molar refractivity (Wildman–Crippen MR) is 47.3 cm³/mol. The SMILES string of the molecule is O=C(O)[C@@H]1CC[C@H]1C(=O)CCS. The van der Waals surface area contributed by atoms with Gasteiger partial charge in [-0.25, -0.2) is 0 Å². The third kappa shape index (κ3) is 1.80. The maximum Gasteiger partial charge on any atom is 0.307 e. The molecule has 0 amide bonds. The molecule has 0 heterocycles. The molecular weight excluding hydrogens is 176 g/mol. The highest BCUT2D eigenvalue weighted by atomic mass is 32.1. The number of ketones is 1. The normalized spacial score (nSPS) is 27.8. The summed E-state index contributed by atoms with van der Waals surface area (Å²) in [5, 5.41) is 8.65. The molecule has 3 nitrogen and oxygen atoms in total. The first-order chi connectivity index (χ1) is 5.66. The van der Waals surface area contributed by atoms with Crippen molar-refractivity contribution >= 4 is 24.4 Å². The van der Waals surface area contributed by atoms with Crippen LogP contribution in [0.1, 0.15) is 19.3 Å². The topological polar surface area (TPSA) is 54.4 Å². The molecule has 1 aliphatic rings. The Bertz CT molecular complexity index is 202. The van der Waals surface area contributed by atoms with Crippen molar-refractivity contribution in [2.75, 3.05) is 5.75 Å². The zero-order valence-electron chi connectivity index (χ0n) is 6.69. The first kappa shape index (κ1) is 9.58. The summed E-state index contributed by atoms with van der Waals surface area (Å²) in [7, 11) is 0. The number of thiol groups is 1. The minimum Gasteiger partial charge on any atom is -0.481 e. The van der Waals surface area contributed by atoms with Gasteiger partial charge in [-0.3, -0.25) is 9.59 Å². The van der Waals surface area contributed by atoms with Crippen LogP contribution in [0.2, 0.25) is 0 Å². The second-order valence-electron chi connectivity index (χ2n) is 3.07. The lowest BCUT2D eigenvalue weighted by atomic mass is 9.71. The van der Waals surface area contributed by atoms with E-state index in [-0.39, 0.29) is 11.7 Å². The van der Waals surface area contributed by atoms with Crippen molar-refractivity contribution in [1.82, 2.24) is 0 Å². The summed E-state index contributed by atoms with van der Waals surface area (Å²) in [6.07, 6.45) is 1.79. The fourth-order valence-electron chi connectivity index (χ4n) is 1.48. The Morgan fingerprint density at radius 3 is 2.25 bits per heavy atom. The highest BCUT2D eigenvalue weighted by molar-refractivity contribution is 7.80. The Morgan fingerprint density at radius 1 is 1.33 bits per heavy atom. The molecule has 1 N–H and O–H groups in total. The standard InChI is InChI=1S/C8H12O3S/c9-7(3-4-12)5-1-2-6(5)8(10)11/h5-6,12H,1-4H2,(H,10,11)/t5-,6-/m1/s1. The Morgan fingerprint density at radius 2 is 1.92 bits per heavy atom. The van der Waals surface area contributed by atoms with Gasteiger partial charge in [0.1, 0.15) is 5.78 Å². The number of carboxylic acid groups (broad SMARTS) is 1. The summed E-state index contributed by atoms with van der Waals surface area (Å²) < 4.78 is 0. The van der Waals surface area contributed by atoms with Crippen molar-refractivity contribution in [2.45, 2.75) is 19.3 Å². The van der Waals surface area contributed by atoms with Gasteiger partial charge in [-0.1, -0.05) is 0 Å². The number of hydrogen-bond donors (Lipinski definition) is 2. The van der Waals surface area contributed by atoms with E-state index in [2.05, 4.69) is 12.6 Å². The van der Waals surface area contributed by atoms with E-state index in [1.54, 1.807) is 0 Å². The quantitative estimate of drug-likeness (QED) is 0.647. The molecule has 12 heavy (non-hydrogen) atoms. The van der Waals surface area contributed by atoms with Crippen LogP contribution < -0.4 is 0 Å². The Labute approximate surface area is 76.6 Å². The van der Waals surface area contributed by atoms with Gasteiger partial charge in [-0.15, -0.1) is 0 Å². The smallest absolute Gasteiger partial charge is 0.307 e. The van der Waals surface area contributed by atoms with Gasteiger partial charge >= 0.3 is 5.97 Å². The van der Waals surface area contributed by atoms with Gasteiger partial charge in [0.15, 0.2) is 0 Å². The second kappa shape index (κ2) is 3.94. The molecule has 0 aromatic carbocycles. The summed E-state index contributed by atoms with van der Waals surface area (Å²) in [5.74, 6) is -0.906. The molecule has 2 atom stereocenters. The number of aliphatic carboxylic acids is 1. The number of carbonyl (C=O) groups is 2. The molecule has 1 rings (SSSR count). The van der Waals surface area contributed by atoms with Crippen molar-refractivity contribution in [3.05, 3.63) is 0 Å². The second-order valence-corrected chi connectivity index (χ2v) is 3.52. The van der Waals surface area contributed by atoms with Crippen LogP contribution in [-0.2, 0) is 9.59 Å². The number of carboxylic acids is 1. The molecule has 0 aromatic heterocycles. The zero-order valence-corrected chi connectivity index (χ0v) is 7.59. The Hall–Kier alpha value is -0.510. The summed E-state index contributed by atoms with van der Waals surface area (Å²) in [6, 6.07) is 0. The van der Waals surface area contributed by atoms with Crippen molar-refractivity contribution < 1.29 is 14.7 Å². The summed E-state index contributed by atoms with van der Waals surface area (Å²) in [4.78, 5) is 21.8.